The van der Waals surface area contributed by atoms with Gasteiger partial charge in [-0.3, -0.25) is 0 Å². The number of benzene rings is 4. The molecule has 4 heteroatoms. The van der Waals surface area contributed by atoms with Gasteiger partial charge >= 0.3 is 0 Å². The number of phenolic OH excluding ortho intramolecular Hbond substituents is 1. The van der Waals surface area contributed by atoms with Crippen LogP contribution in [0, 0.1) is 6.92 Å². The quantitative estimate of drug-likeness (QED) is 0.466. The van der Waals surface area contributed by atoms with Crippen molar-refractivity contribution in [2.45, 2.75) is 16.7 Å². The zero-order chi connectivity index (χ0) is 20.4. The van der Waals surface area contributed by atoms with Gasteiger partial charge in [0.1, 0.15) is 5.75 Å². The zero-order valence-electron chi connectivity index (χ0n) is 15.9. The molecule has 1 N–H and O–H groups in total. The third-order valence-corrected chi connectivity index (χ3v) is 6.70. The normalized spacial score (nSPS) is 11.3. The third kappa shape index (κ3) is 3.93. The monoisotopic (exact) mass is 400 g/mol. The molecule has 0 aromatic heterocycles. The van der Waals surface area contributed by atoms with Crippen LogP contribution in [0.15, 0.2) is 107 Å². The van der Waals surface area contributed by atoms with E-state index in [1.807, 2.05) is 55.5 Å². The molecule has 144 valence electrons. The molecule has 0 heterocycles. The number of aromatic hydroxyl groups is 1. The highest BCUT2D eigenvalue weighted by Crippen LogP contribution is 2.28. The van der Waals surface area contributed by atoms with Gasteiger partial charge < -0.3 is 5.11 Å². The van der Waals surface area contributed by atoms with Crippen molar-refractivity contribution in [3.8, 4) is 28.0 Å². The second-order valence-corrected chi connectivity index (χ2v) is 8.91. The number of hydrogen-bond acceptors (Lipinski definition) is 3. The predicted molar refractivity (Wildman–Crippen MR) is 116 cm³/mol. The fourth-order valence-electron chi connectivity index (χ4n) is 3.19. The summed E-state index contributed by atoms with van der Waals surface area (Å²) in [5, 5.41) is 9.42. The summed E-state index contributed by atoms with van der Waals surface area (Å²) in [5.74, 6) is 0.242. The summed E-state index contributed by atoms with van der Waals surface area (Å²) in [4.78, 5) is 0.583. The van der Waals surface area contributed by atoms with Crippen LogP contribution in [-0.2, 0) is 9.84 Å². The minimum absolute atomic E-state index is 0.242. The van der Waals surface area contributed by atoms with Crippen LogP contribution in [0.3, 0.4) is 0 Å². The lowest BCUT2D eigenvalue weighted by molar-refractivity contribution is 0.475. The van der Waals surface area contributed by atoms with Crippen LogP contribution in [0.4, 0.5) is 0 Å². The van der Waals surface area contributed by atoms with Gasteiger partial charge in [0.05, 0.1) is 9.79 Å². The lowest BCUT2D eigenvalue weighted by atomic mass is 10.0. The van der Waals surface area contributed by atoms with Gasteiger partial charge in [0, 0.05) is 0 Å². The highest BCUT2D eigenvalue weighted by atomic mass is 32.2. The van der Waals surface area contributed by atoms with Crippen molar-refractivity contribution < 1.29 is 13.5 Å². The SMILES string of the molecule is Cc1ccc(S(=O)(=O)c2ccc(-c3ccc(-c4ccc(O)cc4)cc3)cc2)cc1. The Morgan fingerprint density at radius 1 is 0.517 bits per heavy atom. The largest absolute Gasteiger partial charge is 0.508 e. The number of phenols is 1. The lowest BCUT2D eigenvalue weighted by Crippen LogP contribution is -2.01. The molecule has 0 spiro atoms. The Morgan fingerprint density at radius 2 is 0.828 bits per heavy atom. The zero-order valence-corrected chi connectivity index (χ0v) is 16.7. The predicted octanol–water partition coefficient (Wildman–Crippen LogP) is 5.87. The second kappa shape index (κ2) is 7.57. The van der Waals surface area contributed by atoms with E-state index in [1.165, 1.54) is 0 Å². The van der Waals surface area contributed by atoms with E-state index in [9.17, 15) is 13.5 Å². The Bertz CT molecular complexity index is 1220. The van der Waals surface area contributed by atoms with E-state index < -0.39 is 9.84 Å². The van der Waals surface area contributed by atoms with Crippen molar-refractivity contribution in [1.29, 1.82) is 0 Å². The molecule has 4 rings (SSSR count). The number of aryl methyl sites for hydroxylation is 1. The molecular formula is C25H20O3S. The molecule has 0 radical (unpaired) electrons. The van der Waals surface area contributed by atoms with Gasteiger partial charge in [-0.15, -0.1) is 0 Å². The molecular weight excluding hydrogens is 380 g/mol. The molecule has 4 aromatic rings. The highest BCUT2D eigenvalue weighted by molar-refractivity contribution is 7.91. The molecule has 0 amide bonds. The van der Waals surface area contributed by atoms with E-state index in [0.29, 0.717) is 4.90 Å². The average Bonchev–Trinajstić information content (AvgIpc) is 2.75. The molecule has 29 heavy (non-hydrogen) atoms. The first-order valence-electron chi connectivity index (χ1n) is 9.25. The second-order valence-electron chi connectivity index (χ2n) is 6.97. The molecule has 4 aromatic carbocycles. The summed E-state index contributed by atoms with van der Waals surface area (Å²) >= 11 is 0. The molecule has 0 bridgehead atoms. The number of sulfone groups is 1. The molecule has 0 unspecified atom stereocenters. The summed E-state index contributed by atoms with van der Waals surface area (Å²) in [6, 6.07) is 28.9. The van der Waals surface area contributed by atoms with Gasteiger partial charge in [0.25, 0.3) is 0 Å². The Kier molecular flexibility index (Phi) is 4.95. The summed E-state index contributed by atoms with van der Waals surface area (Å²) in [7, 11) is -3.52. The van der Waals surface area contributed by atoms with Gasteiger partial charge in [-0.1, -0.05) is 66.2 Å². The third-order valence-electron chi connectivity index (χ3n) is 4.91. The average molecular weight is 400 g/mol. The lowest BCUT2D eigenvalue weighted by Gasteiger charge is -2.08. The van der Waals surface area contributed by atoms with Crippen LogP contribution in [-0.4, -0.2) is 13.5 Å². The van der Waals surface area contributed by atoms with E-state index >= 15 is 0 Å². The van der Waals surface area contributed by atoms with Crippen molar-refractivity contribution >= 4 is 9.84 Å². The van der Waals surface area contributed by atoms with Crippen molar-refractivity contribution in [3.05, 3.63) is 103 Å². The van der Waals surface area contributed by atoms with Crippen molar-refractivity contribution in [2.24, 2.45) is 0 Å². The summed E-state index contributed by atoms with van der Waals surface area (Å²) in [5.41, 5.74) is 5.05. The maximum atomic E-state index is 12.8. The maximum Gasteiger partial charge on any atom is 0.206 e. The molecule has 3 nitrogen and oxygen atoms in total. The molecule has 0 fully saturated rings. The van der Waals surface area contributed by atoms with Gasteiger partial charge in [-0.2, -0.15) is 0 Å². The van der Waals surface area contributed by atoms with E-state index in [0.717, 1.165) is 27.8 Å². The van der Waals surface area contributed by atoms with Crippen molar-refractivity contribution in [1.82, 2.24) is 0 Å². The molecule has 0 aliphatic rings. The first-order chi connectivity index (χ1) is 13.9. The van der Waals surface area contributed by atoms with E-state index in [-0.39, 0.29) is 10.6 Å². The highest BCUT2D eigenvalue weighted by Gasteiger charge is 2.17. The van der Waals surface area contributed by atoms with E-state index in [2.05, 4.69) is 0 Å². The van der Waals surface area contributed by atoms with Crippen molar-refractivity contribution in [2.75, 3.05) is 0 Å². The van der Waals surface area contributed by atoms with Gasteiger partial charge in [0.15, 0.2) is 0 Å². The fourth-order valence-corrected chi connectivity index (χ4v) is 4.45. The van der Waals surface area contributed by atoms with Crippen LogP contribution in [0.1, 0.15) is 5.56 Å². The standard InChI is InChI=1S/C25H20O3S/c1-18-2-14-24(15-3-18)29(27,28)25-16-10-22(11-17-25)20-6-4-19(5-7-20)21-8-12-23(26)13-9-21/h2-17,26H,1H3. The minimum Gasteiger partial charge on any atom is -0.508 e. The smallest absolute Gasteiger partial charge is 0.206 e. The van der Waals surface area contributed by atoms with Crippen LogP contribution >= 0.6 is 0 Å². The fraction of sp³-hybridized carbons (Fsp3) is 0.0400. The Morgan fingerprint density at radius 3 is 1.24 bits per heavy atom. The summed E-state index contributed by atoms with van der Waals surface area (Å²) < 4.78 is 25.6. The van der Waals surface area contributed by atoms with Gasteiger partial charge in [0.2, 0.25) is 9.84 Å². The molecule has 0 saturated carbocycles. The number of rotatable bonds is 4. The van der Waals surface area contributed by atoms with Gasteiger partial charge in [-0.25, -0.2) is 8.42 Å². The van der Waals surface area contributed by atoms with Crippen molar-refractivity contribution in [3.63, 3.8) is 0 Å². The van der Waals surface area contributed by atoms with Gasteiger partial charge in [-0.05, 0) is 65.6 Å². The first kappa shape index (κ1) is 19.0. The Labute approximate surface area is 170 Å². The molecule has 0 aliphatic carbocycles. The maximum absolute atomic E-state index is 12.8. The van der Waals surface area contributed by atoms with Crippen LogP contribution in [0.2, 0.25) is 0 Å². The van der Waals surface area contributed by atoms with Crippen LogP contribution in [0.25, 0.3) is 22.3 Å². The first-order valence-corrected chi connectivity index (χ1v) is 10.7. The van der Waals surface area contributed by atoms with Crippen LogP contribution in [0.5, 0.6) is 5.75 Å². The van der Waals surface area contributed by atoms with E-state index in [1.54, 1.807) is 48.5 Å². The van der Waals surface area contributed by atoms with E-state index in [4.69, 9.17) is 0 Å². The summed E-state index contributed by atoms with van der Waals surface area (Å²) in [6.07, 6.45) is 0. The molecule has 0 aliphatic heterocycles. The summed E-state index contributed by atoms with van der Waals surface area (Å²) in [6.45, 7) is 1.93. The van der Waals surface area contributed by atoms with Crippen LogP contribution < -0.4 is 0 Å². The number of hydrogen-bond donors (Lipinski definition) is 1. The molecule has 0 saturated heterocycles. The Balaban J connectivity index is 1.59. The molecule has 0 atom stereocenters. The topological polar surface area (TPSA) is 54.4 Å². The minimum atomic E-state index is -3.52. The Hall–Kier alpha value is -3.37.